The molecule has 2 saturated heterocycles. The summed E-state index contributed by atoms with van der Waals surface area (Å²) in [5.74, 6) is -2.95. The van der Waals surface area contributed by atoms with Crippen LogP contribution in [0.2, 0.25) is 0 Å². The third-order valence-corrected chi connectivity index (χ3v) is 8.27. The fraction of sp³-hybridized carbons (Fsp3) is 0.360. The van der Waals surface area contributed by atoms with Gasteiger partial charge in [-0.05, 0) is 43.2 Å². The van der Waals surface area contributed by atoms with Gasteiger partial charge in [0.25, 0.3) is 11.7 Å². The number of amides is 1. The Kier molecular flexibility index (Phi) is 7.34. The van der Waals surface area contributed by atoms with Gasteiger partial charge in [0.2, 0.25) is 10.0 Å². The molecule has 2 aliphatic heterocycles. The van der Waals surface area contributed by atoms with Crippen molar-refractivity contribution in [3.05, 3.63) is 71.0 Å². The van der Waals surface area contributed by atoms with Crippen LogP contribution < -0.4 is 0 Å². The second kappa shape index (κ2) is 10.3. The summed E-state index contributed by atoms with van der Waals surface area (Å²) in [4.78, 5) is 27.0. The molecule has 2 aliphatic rings. The first-order chi connectivity index (χ1) is 16.8. The zero-order valence-electron chi connectivity index (χ0n) is 19.3. The summed E-state index contributed by atoms with van der Waals surface area (Å²) in [6.45, 7) is 1.04. The molecule has 0 radical (unpaired) electrons. The first-order valence-electron chi connectivity index (χ1n) is 11.4. The standard InChI is InChI=1S/C25H27FN2O6S/c1-34-16-15-28-22(19-7-3-4-8-20(19)26)21(24(30)25(28)31)23(29)17-9-11-18(12-10-17)35(32,33)27-13-5-2-6-14-27/h3-4,7-12,22,29H,2,5-6,13-16H2,1H3/b23-21+/t22-/m0/s1. The molecule has 0 spiro atoms. The number of benzene rings is 2. The molecule has 1 amide bonds. The number of Topliss-reactive ketones (excluding diaryl/α,β-unsaturated/α-hetero) is 1. The highest BCUT2D eigenvalue weighted by Crippen LogP contribution is 2.40. The van der Waals surface area contributed by atoms with Crippen LogP contribution in [-0.2, 0) is 24.3 Å². The number of methoxy groups -OCH3 is 1. The van der Waals surface area contributed by atoms with Crippen molar-refractivity contribution in [3.63, 3.8) is 0 Å². The monoisotopic (exact) mass is 502 g/mol. The van der Waals surface area contributed by atoms with Gasteiger partial charge >= 0.3 is 0 Å². The molecule has 1 N–H and O–H groups in total. The molecular formula is C25H27FN2O6S. The van der Waals surface area contributed by atoms with E-state index in [1.807, 2.05) is 0 Å². The molecule has 1 atom stereocenters. The van der Waals surface area contributed by atoms with Crippen molar-refractivity contribution in [1.82, 2.24) is 9.21 Å². The van der Waals surface area contributed by atoms with Crippen LogP contribution in [0, 0.1) is 5.82 Å². The van der Waals surface area contributed by atoms with Crippen LogP contribution in [0.4, 0.5) is 4.39 Å². The topological polar surface area (TPSA) is 104 Å². The smallest absolute Gasteiger partial charge is 0.295 e. The fourth-order valence-electron chi connectivity index (χ4n) is 4.52. The molecule has 0 aliphatic carbocycles. The van der Waals surface area contributed by atoms with Crippen molar-refractivity contribution in [3.8, 4) is 0 Å². The maximum Gasteiger partial charge on any atom is 0.295 e. The molecule has 2 aromatic rings. The maximum absolute atomic E-state index is 14.7. The van der Waals surface area contributed by atoms with Crippen molar-refractivity contribution in [1.29, 1.82) is 0 Å². The Morgan fingerprint density at radius 2 is 1.71 bits per heavy atom. The number of aliphatic hydroxyl groups is 1. The first kappa shape index (κ1) is 25.0. The largest absolute Gasteiger partial charge is 0.507 e. The summed E-state index contributed by atoms with van der Waals surface area (Å²) in [6, 6.07) is 10.1. The molecule has 10 heteroatoms. The van der Waals surface area contributed by atoms with Crippen molar-refractivity contribution in [2.45, 2.75) is 30.2 Å². The predicted molar refractivity (Wildman–Crippen MR) is 126 cm³/mol. The quantitative estimate of drug-likeness (QED) is 0.355. The number of ketones is 1. The van der Waals surface area contributed by atoms with Crippen LogP contribution in [0.15, 0.2) is 59.0 Å². The van der Waals surface area contributed by atoms with E-state index in [0.29, 0.717) is 13.1 Å². The Hall–Kier alpha value is -3.08. The molecule has 186 valence electrons. The molecular weight excluding hydrogens is 475 g/mol. The number of nitrogens with zero attached hydrogens (tertiary/aromatic N) is 2. The van der Waals surface area contributed by atoms with E-state index in [2.05, 4.69) is 0 Å². The highest BCUT2D eigenvalue weighted by Gasteiger charge is 2.46. The summed E-state index contributed by atoms with van der Waals surface area (Å²) in [5.41, 5.74) is -0.0508. The molecule has 0 unspecified atom stereocenters. The van der Waals surface area contributed by atoms with Crippen LogP contribution in [0.1, 0.15) is 36.4 Å². The van der Waals surface area contributed by atoms with E-state index in [9.17, 15) is 27.5 Å². The zero-order valence-corrected chi connectivity index (χ0v) is 20.1. The lowest BCUT2D eigenvalue weighted by Gasteiger charge is -2.26. The number of hydrogen-bond acceptors (Lipinski definition) is 6. The highest BCUT2D eigenvalue weighted by atomic mass is 32.2. The van der Waals surface area contributed by atoms with E-state index in [0.717, 1.165) is 19.3 Å². The lowest BCUT2D eigenvalue weighted by Crippen LogP contribution is -2.35. The number of piperidine rings is 1. The van der Waals surface area contributed by atoms with Crippen molar-refractivity contribution < 1.29 is 32.2 Å². The van der Waals surface area contributed by atoms with E-state index < -0.39 is 39.3 Å². The molecule has 2 heterocycles. The van der Waals surface area contributed by atoms with Crippen molar-refractivity contribution in [2.75, 3.05) is 33.4 Å². The van der Waals surface area contributed by atoms with Crippen molar-refractivity contribution >= 4 is 27.5 Å². The van der Waals surface area contributed by atoms with Gasteiger partial charge in [0.1, 0.15) is 11.6 Å². The number of carbonyl (C=O) groups is 2. The Morgan fingerprint density at radius 1 is 1.06 bits per heavy atom. The molecule has 0 bridgehead atoms. The lowest BCUT2D eigenvalue weighted by atomic mass is 9.95. The third-order valence-electron chi connectivity index (χ3n) is 6.36. The van der Waals surface area contributed by atoms with E-state index in [1.54, 1.807) is 6.07 Å². The maximum atomic E-state index is 14.7. The number of ether oxygens (including phenoxy) is 1. The van der Waals surface area contributed by atoms with Gasteiger partial charge in [0, 0.05) is 37.9 Å². The number of hydrogen-bond donors (Lipinski definition) is 1. The van der Waals surface area contributed by atoms with Crippen molar-refractivity contribution in [2.24, 2.45) is 0 Å². The van der Waals surface area contributed by atoms with Crippen LogP contribution >= 0.6 is 0 Å². The van der Waals surface area contributed by atoms with E-state index in [-0.39, 0.29) is 34.7 Å². The normalized spacial score (nSPS) is 21.0. The minimum absolute atomic E-state index is 0.0177. The summed E-state index contributed by atoms with van der Waals surface area (Å²) >= 11 is 0. The van der Waals surface area contributed by atoms with Gasteiger partial charge in [0.15, 0.2) is 0 Å². The molecule has 4 rings (SSSR count). The van der Waals surface area contributed by atoms with Gasteiger partial charge in [-0.25, -0.2) is 12.8 Å². The Balaban J connectivity index is 1.75. The van der Waals surface area contributed by atoms with Gasteiger partial charge < -0.3 is 14.7 Å². The molecule has 2 aromatic carbocycles. The Morgan fingerprint density at radius 3 is 2.34 bits per heavy atom. The Bertz CT molecular complexity index is 1250. The van der Waals surface area contributed by atoms with Gasteiger partial charge in [-0.2, -0.15) is 4.31 Å². The van der Waals surface area contributed by atoms with Gasteiger partial charge in [-0.3, -0.25) is 9.59 Å². The van der Waals surface area contributed by atoms with Crippen LogP contribution in [0.5, 0.6) is 0 Å². The molecule has 2 fully saturated rings. The number of aliphatic hydroxyl groups excluding tert-OH is 1. The summed E-state index contributed by atoms with van der Waals surface area (Å²) in [6.07, 6.45) is 2.60. The lowest BCUT2D eigenvalue weighted by molar-refractivity contribution is -0.140. The minimum Gasteiger partial charge on any atom is -0.507 e. The van der Waals surface area contributed by atoms with Crippen LogP contribution in [0.3, 0.4) is 0 Å². The highest BCUT2D eigenvalue weighted by molar-refractivity contribution is 7.89. The summed E-state index contributed by atoms with van der Waals surface area (Å²) in [7, 11) is -2.24. The molecule has 8 nitrogen and oxygen atoms in total. The molecule has 35 heavy (non-hydrogen) atoms. The number of rotatable bonds is 7. The second-order valence-electron chi connectivity index (χ2n) is 8.50. The molecule has 0 aromatic heterocycles. The van der Waals surface area contributed by atoms with Gasteiger partial charge in [-0.1, -0.05) is 24.6 Å². The van der Waals surface area contributed by atoms with Crippen LogP contribution in [0.25, 0.3) is 5.76 Å². The van der Waals surface area contributed by atoms with E-state index in [4.69, 9.17) is 4.74 Å². The van der Waals surface area contributed by atoms with Crippen LogP contribution in [-0.4, -0.2) is 67.8 Å². The number of sulfonamides is 1. The SMILES string of the molecule is COCCN1C(=O)C(=O)/C(=C(/O)c2ccc(S(=O)(=O)N3CCCCC3)cc2)[C@@H]1c1ccccc1F. The van der Waals surface area contributed by atoms with E-state index in [1.165, 1.54) is 58.8 Å². The summed E-state index contributed by atoms with van der Waals surface area (Å²) < 4.78 is 47.1. The molecule has 0 saturated carbocycles. The first-order valence-corrected chi connectivity index (χ1v) is 12.8. The third kappa shape index (κ3) is 4.73. The fourth-order valence-corrected chi connectivity index (χ4v) is 6.03. The Labute approximate surface area is 203 Å². The van der Waals surface area contributed by atoms with Gasteiger partial charge in [-0.15, -0.1) is 0 Å². The number of carbonyl (C=O) groups excluding carboxylic acids is 2. The predicted octanol–water partition coefficient (Wildman–Crippen LogP) is 3.07. The average Bonchev–Trinajstić information content (AvgIpc) is 3.12. The number of halogens is 1. The summed E-state index contributed by atoms with van der Waals surface area (Å²) in [5, 5.41) is 11.1. The van der Waals surface area contributed by atoms with Gasteiger partial charge in [0.05, 0.1) is 23.1 Å². The minimum atomic E-state index is -3.68. The zero-order chi connectivity index (χ0) is 25.2. The number of likely N-dealkylation sites (tertiary alicyclic amines) is 1. The second-order valence-corrected chi connectivity index (χ2v) is 10.4. The average molecular weight is 503 g/mol. The van der Waals surface area contributed by atoms with E-state index >= 15 is 0 Å².